The second-order valence-electron chi connectivity index (χ2n) is 4.89. The number of pyridine rings is 1. The van der Waals surface area contributed by atoms with Crippen molar-refractivity contribution in [3.63, 3.8) is 0 Å². The summed E-state index contributed by atoms with van der Waals surface area (Å²) in [5.74, 6) is -0.376. The van der Waals surface area contributed by atoms with Gasteiger partial charge in [-0.1, -0.05) is 6.07 Å². The van der Waals surface area contributed by atoms with E-state index in [2.05, 4.69) is 10.3 Å². The maximum absolute atomic E-state index is 13.9. The summed E-state index contributed by atoms with van der Waals surface area (Å²) >= 11 is 0. The summed E-state index contributed by atoms with van der Waals surface area (Å²) in [6.07, 6.45) is 1.36. The fraction of sp³-hybridized carbons (Fsp3) is 0.286. The number of nitrogens with zero attached hydrogens (tertiary/aromatic N) is 2. The first-order valence-corrected chi connectivity index (χ1v) is 6.42. The average molecular weight is 275 g/mol. The van der Waals surface area contributed by atoms with Crippen LogP contribution in [0.15, 0.2) is 30.5 Å². The number of carboxylic acid groups (broad SMARTS) is 1. The molecule has 20 heavy (non-hydrogen) atoms. The summed E-state index contributed by atoms with van der Waals surface area (Å²) in [5, 5.41) is 12.8. The van der Waals surface area contributed by atoms with E-state index in [0.29, 0.717) is 24.3 Å². The van der Waals surface area contributed by atoms with Gasteiger partial charge in [-0.15, -0.1) is 0 Å². The largest absolute Gasteiger partial charge is 0.465 e. The van der Waals surface area contributed by atoms with Crippen molar-refractivity contribution in [3.8, 4) is 0 Å². The van der Waals surface area contributed by atoms with Crippen LogP contribution in [0.4, 0.5) is 14.9 Å². The topological polar surface area (TPSA) is 65.5 Å². The van der Waals surface area contributed by atoms with E-state index in [0.717, 1.165) is 11.8 Å². The molecule has 1 aliphatic heterocycles. The molecule has 1 aliphatic rings. The molecule has 2 aromatic rings. The Balaban J connectivity index is 1.80. The summed E-state index contributed by atoms with van der Waals surface area (Å²) in [6.45, 7) is 0.923. The van der Waals surface area contributed by atoms with Crippen LogP contribution in [0.5, 0.6) is 0 Å². The molecule has 0 spiro atoms. The molecule has 6 heteroatoms. The van der Waals surface area contributed by atoms with E-state index in [1.165, 1.54) is 11.0 Å². The van der Waals surface area contributed by atoms with Crippen LogP contribution in [0.1, 0.15) is 6.42 Å². The number of aromatic nitrogens is 1. The van der Waals surface area contributed by atoms with Gasteiger partial charge in [0.15, 0.2) is 5.82 Å². The zero-order valence-corrected chi connectivity index (χ0v) is 10.7. The molecule has 3 rings (SSSR count). The van der Waals surface area contributed by atoms with Gasteiger partial charge < -0.3 is 15.3 Å². The first-order chi connectivity index (χ1) is 9.63. The Morgan fingerprint density at radius 3 is 3.10 bits per heavy atom. The zero-order valence-electron chi connectivity index (χ0n) is 10.7. The molecule has 1 saturated heterocycles. The Hall–Kier alpha value is -2.37. The average Bonchev–Trinajstić information content (AvgIpc) is 2.87. The van der Waals surface area contributed by atoms with Gasteiger partial charge in [-0.3, -0.25) is 4.98 Å². The summed E-state index contributed by atoms with van der Waals surface area (Å²) < 4.78 is 13.9. The first kappa shape index (κ1) is 12.7. The lowest BCUT2D eigenvalue weighted by Crippen LogP contribution is -2.30. The second-order valence-corrected chi connectivity index (χ2v) is 4.89. The maximum Gasteiger partial charge on any atom is 0.407 e. The number of benzene rings is 1. The van der Waals surface area contributed by atoms with Crippen molar-refractivity contribution in [3.05, 3.63) is 36.3 Å². The van der Waals surface area contributed by atoms with Gasteiger partial charge in [0, 0.05) is 36.4 Å². The van der Waals surface area contributed by atoms with Gasteiger partial charge in [0.1, 0.15) is 5.52 Å². The maximum atomic E-state index is 13.9. The molecular formula is C14H14FN3O2. The number of hydrogen-bond acceptors (Lipinski definition) is 3. The molecule has 1 fully saturated rings. The molecule has 0 bridgehead atoms. The van der Waals surface area contributed by atoms with Gasteiger partial charge in [0.25, 0.3) is 0 Å². The number of carbonyl (C=O) groups is 1. The summed E-state index contributed by atoms with van der Waals surface area (Å²) in [7, 11) is 0. The minimum atomic E-state index is -0.914. The van der Waals surface area contributed by atoms with Crippen LogP contribution in [0, 0.1) is 5.82 Å². The Bertz CT molecular complexity index is 662. The van der Waals surface area contributed by atoms with Crippen LogP contribution in [-0.4, -0.2) is 40.2 Å². The quantitative estimate of drug-likeness (QED) is 0.884. The molecule has 2 heterocycles. The van der Waals surface area contributed by atoms with E-state index >= 15 is 0 Å². The summed E-state index contributed by atoms with van der Waals surface area (Å²) in [4.78, 5) is 16.2. The van der Waals surface area contributed by atoms with E-state index in [-0.39, 0.29) is 11.9 Å². The highest BCUT2D eigenvalue weighted by Gasteiger charge is 2.25. The Morgan fingerprint density at radius 1 is 1.50 bits per heavy atom. The van der Waals surface area contributed by atoms with Crippen LogP contribution in [0.25, 0.3) is 10.9 Å². The van der Waals surface area contributed by atoms with Crippen LogP contribution in [0.3, 0.4) is 0 Å². The van der Waals surface area contributed by atoms with Gasteiger partial charge in [0.2, 0.25) is 0 Å². The molecule has 1 atom stereocenters. The highest BCUT2D eigenvalue weighted by molar-refractivity contribution is 5.82. The fourth-order valence-electron chi connectivity index (χ4n) is 2.52. The Kier molecular flexibility index (Phi) is 3.14. The van der Waals surface area contributed by atoms with E-state index in [1.54, 1.807) is 18.3 Å². The molecule has 0 saturated carbocycles. The molecule has 0 aliphatic carbocycles. The van der Waals surface area contributed by atoms with Gasteiger partial charge in [0.05, 0.1) is 0 Å². The monoisotopic (exact) mass is 275 g/mol. The number of fused-ring (bicyclic) bond motifs is 1. The van der Waals surface area contributed by atoms with Gasteiger partial charge in [-0.2, -0.15) is 0 Å². The van der Waals surface area contributed by atoms with Crippen molar-refractivity contribution >= 4 is 22.7 Å². The third-order valence-electron chi connectivity index (χ3n) is 3.49. The standard InChI is InChI=1S/C14H14FN3O2/c15-12-7-11(6-9-2-1-4-16-13(9)12)17-10-3-5-18(8-10)14(19)20/h1-2,4,6-7,10,17H,3,5,8H2,(H,19,20)/t10-/m0/s1. The van der Waals surface area contributed by atoms with Crippen LogP contribution < -0.4 is 5.32 Å². The first-order valence-electron chi connectivity index (χ1n) is 6.42. The minimum absolute atomic E-state index is 0.0135. The smallest absolute Gasteiger partial charge is 0.407 e. The second kappa shape index (κ2) is 4.96. The normalized spacial score (nSPS) is 18.4. The van der Waals surface area contributed by atoms with E-state index in [9.17, 15) is 9.18 Å². The molecular weight excluding hydrogens is 261 g/mol. The lowest BCUT2D eigenvalue weighted by molar-refractivity contribution is 0.155. The minimum Gasteiger partial charge on any atom is -0.465 e. The Morgan fingerprint density at radius 2 is 2.35 bits per heavy atom. The molecule has 2 N–H and O–H groups in total. The summed E-state index contributed by atoms with van der Waals surface area (Å²) in [6, 6.07) is 6.80. The van der Waals surface area contributed by atoms with E-state index in [1.807, 2.05) is 6.07 Å². The highest BCUT2D eigenvalue weighted by Crippen LogP contribution is 2.23. The van der Waals surface area contributed by atoms with Crippen molar-refractivity contribution in [1.82, 2.24) is 9.88 Å². The van der Waals surface area contributed by atoms with Crippen LogP contribution in [0.2, 0.25) is 0 Å². The Labute approximate surface area is 115 Å². The number of halogens is 1. The number of likely N-dealkylation sites (tertiary alicyclic amines) is 1. The van der Waals surface area contributed by atoms with Crippen molar-refractivity contribution in [2.45, 2.75) is 12.5 Å². The third kappa shape index (κ3) is 2.36. The highest BCUT2D eigenvalue weighted by atomic mass is 19.1. The molecule has 1 aromatic heterocycles. The van der Waals surface area contributed by atoms with Gasteiger partial charge >= 0.3 is 6.09 Å². The van der Waals surface area contributed by atoms with Gasteiger partial charge in [-0.25, -0.2) is 9.18 Å². The predicted octanol–water partition coefficient (Wildman–Crippen LogP) is 2.54. The van der Waals surface area contributed by atoms with Crippen molar-refractivity contribution in [2.75, 3.05) is 18.4 Å². The SMILES string of the molecule is O=C(O)N1CC[C@H](Nc2cc(F)c3ncccc3c2)C1. The van der Waals surface area contributed by atoms with Crippen molar-refractivity contribution < 1.29 is 14.3 Å². The third-order valence-corrected chi connectivity index (χ3v) is 3.49. The summed E-state index contributed by atoms with van der Waals surface area (Å²) in [5.41, 5.74) is 0.997. The van der Waals surface area contributed by atoms with Crippen molar-refractivity contribution in [1.29, 1.82) is 0 Å². The molecule has 0 unspecified atom stereocenters. The number of anilines is 1. The molecule has 1 amide bonds. The zero-order chi connectivity index (χ0) is 14.1. The number of amides is 1. The lowest BCUT2D eigenvalue weighted by atomic mass is 10.1. The van der Waals surface area contributed by atoms with Crippen LogP contribution >= 0.6 is 0 Å². The van der Waals surface area contributed by atoms with E-state index < -0.39 is 6.09 Å². The van der Waals surface area contributed by atoms with E-state index in [4.69, 9.17) is 5.11 Å². The fourth-order valence-corrected chi connectivity index (χ4v) is 2.52. The molecule has 5 nitrogen and oxygen atoms in total. The number of nitrogens with one attached hydrogen (secondary N) is 1. The molecule has 104 valence electrons. The van der Waals surface area contributed by atoms with Crippen LogP contribution in [-0.2, 0) is 0 Å². The predicted molar refractivity (Wildman–Crippen MR) is 73.3 cm³/mol. The number of rotatable bonds is 2. The number of hydrogen-bond donors (Lipinski definition) is 2. The molecule has 1 aromatic carbocycles. The molecule has 0 radical (unpaired) electrons. The lowest BCUT2D eigenvalue weighted by Gasteiger charge is -2.15. The van der Waals surface area contributed by atoms with Crippen molar-refractivity contribution in [2.24, 2.45) is 0 Å². The van der Waals surface area contributed by atoms with Gasteiger partial charge in [-0.05, 0) is 24.6 Å².